The van der Waals surface area contributed by atoms with E-state index in [2.05, 4.69) is 4.98 Å². The third-order valence-electron chi connectivity index (χ3n) is 2.83. The lowest BCUT2D eigenvalue weighted by molar-refractivity contribution is -0.136. The summed E-state index contributed by atoms with van der Waals surface area (Å²) in [4.78, 5) is 2.78. The summed E-state index contributed by atoms with van der Waals surface area (Å²) >= 11 is 0. The van der Waals surface area contributed by atoms with E-state index in [1.807, 2.05) is 0 Å². The molecule has 5 heteroatoms. The van der Waals surface area contributed by atoms with Crippen LogP contribution in [0.25, 0.3) is 10.9 Å². The molecule has 3 N–H and O–H groups in total. The Morgan fingerprint density at radius 2 is 1.94 bits per heavy atom. The predicted octanol–water partition coefficient (Wildman–Crippen LogP) is 3.51. The average Bonchev–Trinajstić information content (AvgIpc) is 2.51. The smallest absolute Gasteiger partial charge is 0.358 e. The molecule has 2 nitrogen and oxygen atoms in total. The van der Waals surface area contributed by atoms with Crippen LogP contribution in [0.3, 0.4) is 0 Å². The Hall–Kier alpha value is -1.49. The average molecular weight is 242 g/mol. The van der Waals surface area contributed by atoms with Gasteiger partial charge in [0.2, 0.25) is 0 Å². The van der Waals surface area contributed by atoms with Gasteiger partial charge in [0.15, 0.2) is 0 Å². The summed E-state index contributed by atoms with van der Waals surface area (Å²) in [5.74, 6) is 0. The molecule has 0 fully saturated rings. The van der Waals surface area contributed by atoms with Crippen molar-refractivity contribution >= 4 is 10.9 Å². The lowest BCUT2D eigenvalue weighted by atomic mass is 10.0. The Kier molecular flexibility index (Phi) is 2.66. The van der Waals surface area contributed by atoms with Gasteiger partial charge in [0, 0.05) is 17.1 Å². The highest BCUT2D eigenvalue weighted by atomic mass is 19.4. The molecule has 0 saturated heterocycles. The summed E-state index contributed by atoms with van der Waals surface area (Å²) in [6, 6.07) is 3.84. The van der Waals surface area contributed by atoms with Crippen molar-refractivity contribution < 1.29 is 13.2 Å². The number of nitrogens with two attached hydrogens (primary N) is 1. The fourth-order valence-corrected chi connectivity index (χ4v) is 2.19. The first kappa shape index (κ1) is 12.0. The molecule has 0 spiro atoms. The number of hydrogen-bond donors (Lipinski definition) is 2. The first-order chi connectivity index (χ1) is 7.82. The van der Waals surface area contributed by atoms with Crippen molar-refractivity contribution in [2.45, 2.75) is 26.1 Å². The molecule has 0 aliphatic rings. The van der Waals surface area contributed by atoms with E-state index < -0.39 is 11.7 Å². The second kappa shape index (κ2) is 3.77. The molecule has 0 radical (unpaired) electrons. The standard InChI is InChI=1S/C12H13F3N2/c1-6(16)10-7(2)17-11-8(10)4-3-5-9(11)12(13,14)15/h3-6,17H,16H2,1-2H3. The summed E-state index contributed by atoms with van der Waals surface area (Å²) in [5.41, 5.74) is 6.68. The highest BCUT2D eigenvalue weighted by Crippen LogP contribution is 2.37. The van der Waals surface area contributed by atoms with Crippen LogP contribution in [0.1, 0.15) is 29.8 Å². The molecular formula is C12H13F3N2. The molecule has 0 amide bonds. The maximum Gasteiger partial charge on any atom is 0.418 e. The van der Waals surface area contributed by atoms with Crippen molar-refractivity contribution in [1.82, 2.24) is 4.98 Å². The van der Waals surface area contributed by atoms with Crippen LogP contribution in [0.5, 0.6) is 0 Å². The first-order valence-electron chi connectivity index (χ1n) is 5.26. The number of para-hydroxylation sites is 1. The van der Waals surface area contributed by atoms with Crippen molar-refractivity contribution in [2.75, 3.05) is 0 Å². The highest BCUT2D eigenvalue weighted by molar-refractivity contribution is 5.88. The molecule has 2 rings (SSSR count). The monoisotopic (exact) mass is 242 g/mol. The molecule has 1 aromatic heterocycles. The van der Waals surface area contributed by atoms with Gasteiger partial charge in [-0.05, 0) is 25.5 Å². The fraction of sp³-hybridized carbons (Fsp3) is 0.333. The maximum atomic E-state index is 12.8. The third kappa shape index (κ3) is 1.91. The van der Waals surface area contributed by atoms with Gasteiger partial charge in [-0.15, -0.1) is 0 Å². The van der Waals surface area contributed by atoms with Gasteiger partial charge in [0.05, 0.1) is 11.1 Å². The van der Waals surface area contributed by atoms with Crippen LogP contribution in [0, 0.1) is 6.92 Å². The molecule has 0 aliphatic heterocycles. The summed E-state index contributed by atoms with van der Waals surface area (Å²) in [5, 5.41) is 0.548. The van der Waals surface area contributed by atoms with Crippen molar-refractivity contribution in [3.05, 3.63) is 35.0 Å². The van der Waals surface area contributed by atoms with Crippen molar-refractivity contribution in [2.24, 2.45) is 5.73 Å². The second-order valence-corrected chi connectivity index (χ2v) is 4.18. The minimum atomic E-state index is -4.36. The molecule has 2 aromatic rings. The van der Waals surface area contributed by atoms with Crippen LogP contribution >= 0.6 is 0 Å². The molecule has 92 valence electrons. The number of aromatic nitrogens is 1. The zero-order chi connectivity index (χ0) is 12.8. The zero-order valence-electron chi connectivity index (χ0n) is 9.52. The molecule has 0 saturated carbocycles. The van der Waals surface area contributed by atoms with E-state index >= 15 is 0 Å². The molecule has 1 aromatic carbocycles. The van der Waals surface area contributed by atoms with Crippen molar-refractivity contribution in [1.29, 1.82) is 0 Å². The summed E-state index contributed by atoms with van der Waals surface area (Å²) < 4.78 is 38.4. The van der Waals surface area contributed by atoms with Crippen LogP contribution in [0.15, 0.2) is 18.2 Å². The van der Waals surface area contributed by atoms with E-state index in [4.69, 9.17) is 5.73 Å². The zero-order valence-corrected chi connectivity index (χ0v) is 9.52. The second-order valence-electron chi connectivity index (χ2n) is 4.18. The van der Waals surface area contributed by atoms with Gasteiger partial charge >= 0.3 is 6.18 Å². The van der Waals surface area contributed by atoms with Gasteiger partial charge in [-0.1, -0.05) is 12.1 Å². The molecular weight excluding hydrogens is 229 g/mol. The van der Waals surface area contributed by atoms with Crippen LogP contribution in [-0.2, 0) is 6.18 Å². The maximum absolute atomic E-state index is 12.8. The minimum absolute atomic E-state index is 0.116. The first-order valence-corrected chi connectivity index (χ1v) is 5.26. The number of alkyl halides is 3. The van der Waals surface area contributed by atoms with Gasteiger partial charge in [0.1, 0.15) is 0 Å². The largest absolute Gasteiger partial charge is 0.418 e. The number of benzene rings is 1. The van der Waals surface area contributed by atoms with E-state index in [-0.39, 0.29) is 11.6 Å². The van der Waals surface area contributed by atoms with E-state index in [1.54, 1.807) is 19.9 Å². The molecule has 1 unspecified atom stereocenters. The number of aryl methyl sites for hydroxylation is 1. The quantitative estimate of drug-likeness (QED) is 0.789. The molecule has 17 heavy (non-hydrogen) atoms. The summed E-state index contributed by atoms with van der Waals surface area (Å²) in [6.45, 7) is 3.49. The number of halogens is 3. The van der Waals surface area contributed by atoms with E-state index in [0.717, 1.165) is 11.6 Å². The van der Waals surface area contributed by atoms with Crippen molar-refractivity contribution in [3.8, 4) is 0 Å². The van der Waals surface area contributed by atoms with E-state index in [9.17, 15) is 13.2 Å². The lowest BCUT2D eigenvalue weighted by Crippen LogP contribution is -2.06. The number of rotatable bonds is 1. The SMILES string of the molecule is Cc1[nH]c2c(C(F)(F)F)cccc2c1C(C)N. The molecule has 1 atom stereocenters. The normalized spacial score (nSPS) is 14.2. The highest BCUT2D eigenvalue weighted by Gasteiger charge is 2.33. The predicted molar refractivity (Wildman–Crippen MR) is 60.6 cm³/mol. The lowest BCUT2D eigenvalue weighted by Gasteiger charge is -2.08. The Balaban J connectivity index is 2.80. The fourth-order valence-electron chi connectivity index (χ4n) is 2.19. The van der Waals surface area contributed by atoms with Gasteiger partial charge in [0.25, 0.3) is 0 Å². The van der Waals surface area contributed by atoms with Gasteiger partial charge in [-0.25, -0.2) is 0 Å². The Morgan fingerprint density at radius 3 is 2.47 bits per heavy atom. The van der Waals surface area contributed by atoms with Gasteiger partial charge in [-0.2, -0.15) is 13.2 Å². The number of aromatic amines is 1. The molecule has 1 heterocycles. The van der Waals surface area contributed by atoms with Gasteiger partial charge < -0.3 is 10.7 Å². The van der Waals surface area contributed by atoms with E-state index in [0.29, 0.717) is 11.1 Å². The van der Waals surface area contributed by atoms with Crippen LogP contribution in [0.2, 0.25) is 0 Å². The summed E-state index contributed by atoms with van der Waals surface area (Å²) in [6.07, 6.45) is -4.36. The van der Waals surface area contributed by atoms with Crippen LogP contribution in [-0.4, -0.2) is 4.98 Å². The molecule has 0 aliphatic carbocycles. The Bertz CT molecular complexity index is 553. The summed E-state index contributed by atoms with van der Waals surface area (Å²) in [7, 11) is 0. The van der Waals surface area contributed by atoms with E-state index in [1.165, 1.54) is 6.07 Å². The minimum Gasteiger partial charge on any atom is -0.358 e. The van der Waals surface area contributed by atoms with Gasteiger partial charge in [-0.3, -0.25) is 0 Å². The Morgan fingerprint density at radius 1 is 1.29 bits per heavy atom. The Labute approximate surface area is 96.6 Å². The van der Waals surface area contributed by atoms with Crippen LogP contribution < -0.4 is 5.73 Å². The van der Waals surface area contributed by atoms with Crippen LogP contribution in [0.4, 0.5) is 13.2 Å². The van der Waals surface area contributed by atoms with Crippen molar-refractivity contribution in [3.63, 3.8) is 0 Å². The molecule has 0 bridgehead atoms. The third-order valence-corrected chi connectivity index (χ3v) is 2.83. The number of fused-ring (bicyclic) bond motifs is 1. The number of hydrogen-bond acceptors (Lipinski definition) is 1. The number of nitrogens with one attached hydrogen (secondary N) is 1. The topological polar surface area (TPSA) is 41.8 Å². The number of H-pyrrole nitrogens is 1.